The lowest BCUT2D eigenvalue weighted by atomic mass is 9.92. The third-order valence-corrected chi connectivity index (χ3v) is 4.96. The number of H-pyrrole nitrogens is 1. The zero-order valence-electron chi connectivity index (χ0n) is 14.3. The number of aliphatic imine (C=N–C) groups is 1. The van der Waals surface area contributed by atoms with Crippen LogP contribution in [0, 0.1) is 0 Å². The monoisotopic (exact) mass is 338 g/mol. The van der Waals surface area contributed by atoms with Gasteiger partial charge < -0.3 is 9.64 Å². The van der Waals surface area contributed by atoms with Crippen molar-refractivity contribution in [3.8, 4) is 11.5 Å². The molecule has 7 nitrogen and oxygen atoms in total. The van der Waals surface area contributed by atoms with Crippen molar-refractivity contribution in [3.05, 3.63) is 36.4 Å². The smallest absolute Gasteiger partial charge is 0.199 e. The summed E-state index contributed by atoms with van der Waals surface area (Å²) in [6.45, 7) is 0.870. The van der Waals surface area contributed by atoms with Gasteiger partial charge in [0.1, 0.15) is 12.0 Å². The van der Waals surface area contributed by atoms with Crippen LogP contribution in [0.3, 0.4) is 0 Å². The van der Waals surface area contributed by atoms with E-state index in [2.05, 4.69) is 36.3 Å². The fraction of sp³-hybridized carbons (Fsp3) is 0.444. The molecule has 1 aliphatic carbocycles. The second-order valence-electron chi connectivity index (χ2n) is 6.44. The van der Waals surface area contributed by atoms with Gasteiger partial charge in [-0.2, -0.15) is 5.10 Å². The van der Waals surface area contributed by atoms with E-state index >= 15 is 0 Å². The molecule has 0 amide bonds. The maximum absolute atomic E-state index is 5.48. The molecular formula is C18H22N6O. The molecule has 0 unspecified atom stereocenters. The molecule has 0 atom stereocenters. The first-order valence-electron chi connectivity index (χ1n) is 8.69. The van der Waals surface area contributed by atoms with E-state index in [-0.39, 0.29) is 0 Å². The zero-order chi connectivity index (χ0) is 17.1. The standard InChI is InChI=1S/C18H22N6O/c1-25-15-5-3-14(4-6-15)24-9-8-19-17(11-24)13-2-7-16(20-10-13)18-21-12-22-23-18/h2,7-8,10-12,14-15H,3-6,9H2,1H3,(H,21,22,23)/t14-,15-. The number of methoxy groups -OCH3 is 1. The van der Waals surface area contributed by atoms with Gasteiger partial charge in [0.25, 0.3) is 0 Å². The van der Waals surface area contributed by atoms with E-state index in [1.165, 1.54) is 0 Å². The molecule has 0 radical (unpaired) electrons. The molecule has 1 N–H and O–H groups in total. The normalized spacial score (nSPS) is 23.6. The topological polar surface area (TPSA) is 79.3 Å². The molecule has 2 aromatic rings. The SMILES string of the molecule is CO[C@H]1CC[C@H](N2C=C(c3ccc(-c4nc[nH]n4)nc3)N=CC2)CC1. The molecule has 1 aliphatic heterocycles. The van der Waals surface area contributed by atoms with E-state index in [1.807, 2.05) is 31.7 Å². The predicted octanol–water partition coefficient (Wildman–Crippen LogP) is 2.51. The Labute approximate surface area is 146 Å². The number of aromatic amines is 1. The molecule has 1 saturated carbocycles. The van der Waals surface area contributed by atoms with Crippen molar-refractivity contribution in [1.82, 2.24) is 25.1 Å². The summed E-state index contributed by atoms with van der Waals surface area (Å²) >= 11 is 0. The first kappa shape index (κ1) is 16.0. The van der Waals surface area contributed by atoms with Crippen molar-refractivity contribution in [2.75, 3.05) is 13.7 Å². The minimum atomic E-state index is 0.422. The Balaban J connectivity index is 1.48. The molecule has 130 valence electrons. The summed E-state index contributed by atoms with van der Waals surface area (Å²) in [5, 5.41) is 6.76. The largest absolute Gasteiger partial charge is 0.381 e. The Morgan fingerprint density at radius 2 is 2.04 bits per heavy atom. The highest BCUT2D eigenvalue weighted by molar-refractivity contribution is 5.77. The van der Waals surface area contributed by atoms with Crippen LogP contribution in [-0.2, 0) is 4.74 Å². The molecule has 3 heterocycles. The van der Waals surface area contributed by atoms with E-state index in [0.717, 1.165) is 49.2 Å². The molecule has 0 bridgehead atoms. The van der Waals surface area contributed by atoms with Crippen LogP contribution in [0.5, 0.6) is 0 Å². The number of nitrogens with zero attached hydrogens (tertiary/aromatic N) is 5. The zero-order valence-corrected chi connectivity index (χ0v) is 14.3. The predicted molar refractivity (Wildman–Crippen MR) is 95.8 cm³/mol. The van der Waals surface area contributed by atoms with Gasteiger partial charge in [0.2, 0.25) is 0 Å². The fourth-order valence-corrected chi connectivity index (χ4v) is 3.50. The lowest BCUT2D eigenvalue weighted by Gasteiger charge is -2.36. The first-order chi connectivity index (χ1) is 12.3. The van der Waals surface area contributed by atoms with Crippen molar-refractivity contribution in [2.24, 2.45) is 4.99 Å². The molecule has 4 rings (SSSR count). The van der Waals surface area contributed by atoms with Crippen molar-refractivity contribution < 1.29 is 4.74 Å². The highest BCUT2D eigenvalue weighted by atomic mass is 16.5. The maximum Gasteiger partial charge on any atom is 0.199 e. The molecule has 7 heteroatoms. The van der Waals surface area contributed by atoms with Crippen molar-refractivity contribution in [1.29, 1.82) is 0 Å². The van der Waals surface area contributed by atoms with Crippen LogP contribution < -0.4 is 0 Å². The van der Waals surface area contributed by atoms with Gasteiger partial charge in [0, 0.05) is 37.3 Å². The number of hydrogen-bond acceptors (Lipinski definition) is 6. The third-order valence-electron chi connectivity index (χ3n) is 4.96. The molecule has 2 aromatic heterocycles. The second kappa shape index (κ2) is 7.14. The Kier molecular flexibility index (Phi) is 4.56. The van der Waals surface area contributed by atoms with E-state index in [1.54, 1.807) is 6.33 Å². The molecule has 25 heavy (non-hydrogen) atoms. The number of ether oxygens (including phenoxy) is 1. The van der Waals surface area contributed by atoms with Gasteiger partial charge in [0.15, 0.2) is 5.82 Å². The van der Waals surface area contributed by atoms with Crippen molar-refractivity contribution in [2.45, 2.75) is 37.8 Å². The molecule has 0 aromatic carbocycles. The van der Waals surface area contributed by atoms with Crippen LogP contribution >= 0.6 is 0 Å². The average molecular weight is 338 g/mol. The molecule has 1 fully saturated rings. The Morgan fingerprint density at radius 3 is 2.72 bits per heavy atom. The summed E-state index contributed by atoms with van der Waals surface area (Å²) in [6, 6.07) is 4.51. The summed E-state index contributed by atoms with van der Waals surface area (Å²) in [7, 11) is 1.81. The van der Waals surface area contributed by atoms with Gasteiger partial charge in [-0.15, -0.1) is 0 Å². The quantitative estimate of drug-likeness (QED) is 0.926. The van der Waals surface area contributed by atoms with Gasteiger partial charge in [-0.25, -0.2) is 4.98 Å². The summed E-state index contributed by atoms with van der Waals surface area (Å²) < 4.78 is 5.48. The minimum Gasteiger partial charge on any atom is -0.381 e. The van der Waals surface area contributed by atoms with Gasteiger partial charge in [-0.1, -0.05) is 0 Å². The van der Waals surface area contributed by atoms with E-state index in [0.29, 0.717) is 18.0 Å². The summed E-state index contributed by atoms with van der Waals surface area (Å²) in [5.74, 6) is 0.601. The Morgan fingerprint density at radius 1 is 1.16 bits per heavy atom. The van der Waals surface area contributed by atoms with E-state index in [4.69, 9.17) is 4.74 Å². The summed E-state index contributed by atoms with van der Waals surface area (Å²) in [5.41, 5.74) is 2.71. The van der Waals surface area contributed by atoms with Gasteiger partial charge >= 0.3 is 0 Å². The number of rotatable bonds is 4. The highest BCUT2D eigenvalue weighted by Gasteiger charge is 2.25. The Hall–Kier alpha value is -2.54. The third kappa shape index (κ3) is 3.46. The molecular weight excluding hydrogens is 316 g/mol. The van der Waals surface area contributed by atoms with Gasteiger partial charge in [-0.3, -0.25) is 15.1 Å². The van der Waals surface area contributed by atoms with E-state index < -0.39 is 0 Å². The van der Waals surface area contributed by atoms with Crippen molar-refractivity contribution >= 4 is 11.9 Å². The Bertz CT molecular complexity index is 744. The van der Waals surface area contributed by atoms with Crippen LogP contribution in [0.15, 0.2) is 35.8 Å². The molecule has 0 spiro atoms. The summed E-state index contributed by atoms with van der Waals surface area (Å²) in [6.07, 6.45) is 12.6. The number of pyridine rings is 1. The maximum atomic E-state index is 5.48. The van der Waals surface area contributed by atoms with Crippen LogP contribution in [0.4, 0.5) is 0 Å². The molecule has 0 saturated heterocycles. The first-order valence-corrected chi connectivity index (χ1v) is 8.69. The summed E-state index contributed by atoms with van der Waals surface area (Å²) in [4.78, 5) is 15.5. The number of aromatic nitrogens is 4. The average Bonchev–Trinajstić information content (AvgIpc) is 3.23. The number of nitrogens with one attached hydrogen (secondary N) is 1. The van der Waals surface area contributed by atoms with Crippen LogP contribution in [0.2, 0.25) is 0 Å². The fourth-order valence-electron chi connectivity index (χ4n) is 3.50. The van der Waals surface area contributed by atoms with Gasteiger partial charge in [0.05, 0.1) is 18.3 Å². The van der Waals surface area contributed by atoms with E-state index in [9.17, 15) is 0 Å². The number of hydrogen-bond donors (Lipinski definition) is 1. The lowest BCUT2D eigenvalue weighted by Crippen LogP contribution is -2.38. The second-order valence-corrected chi connectivity index (χ2v) is 6.44. The lowest BCUT2D eigenvalue weighted by molar-refractivity contribution is 0.0501. The molecule has 2 aliphatic rings. The van der Waals surface area contributed by atoms with Gasteiger partial charge in [-0.05, 0) is 37.8 Å². The van der Waals surface area contributed by atoms with Crippen molar-refractivity contribution in [3.63, 3.8) is 0 Å². The highest BCUT2D eigenvalue weighted by Crippen LogP contribution is 2.28. The van der Waals surface area contributed by atoms with Crippen LogP contribution in [0.25, 0.3) is 17.2 Å². The van der Waals surface area contributed by atoms with Crippen LogP contribution in [-0.4, -0.2) is 57.1 Å². The minimum absolute atomic E-state index is 0.422. The van der Waals surface area contributed by atoms with Crippen LogP contribution in [0.1, 0.15) is 31.2 Å².